The minimum atomic E-state index is -0.663. The first kappa shape index (κ1) is 22.3. The standard InChI is InChI=1S/C22H28N4O5/c1-5-18(27)23-15-8-6-7-14(11-15)20(29)25-10-9-17-16(12-25)24-19(28)13-26(17)21(30)31-22(2,3)4/h5-8,11,16-17H,1,9-10,12-13H2,2-4H3,(H,23,27)(H,24,28)/t16-,17+/m1/s1. The van der Waals surface area contributed by atoms with Crippen LogP contribution in [0.2, 0.25) is 0 Å². The van der Waals surface area contributed by atoms with E-state index in [1.807, 2.05) is 0 Å². The van der Waals surface area contributed by atoms with Gasteiger partial charge >= 0.3 is 6.09 Å². The first-order valence-electron chi connectivity index (χ1n) is 10.2. The monoisotopic (exact) mass is 428 g/mol. The van der Waals surface area contributed by atoms with Gasteiger partial charge in [0.1, 0.15) is 12.1 Å². The Morgan fingerprint density at radius 2 is 2.03 bits per heavy atom. The Labute approximate surface area is 181 Å². The number of piperazine rings is 1. The van der Waals surface area contributed by atoms with Crippen molar-refractivity contribution in [1.29, 1.82) is 0 Å². The van der Waals surface area contributed by atoms with Crippen molar-refractivity contribution in [3.63, 3.8) is 0 Å². The van der Waals surface area contributed by atoms with E-state index < -0.39 is 11.7 Å². The van der Waals surface area contributed by atoms with Crippen LogP contribution in [0, 0.1) is 0 Å². The molecule has 31 heavy (non-hydrogen) atoms. The fourth-order valence-electron chi connectivity index (χ4n) is 3.79. The summed E-state index contributed by atoms with van der Waals surface area (Å²) in [4.78, 5) is 52.5. The van der Waals surface area contributed by atoms with E-state index in [2.05, 4.69) is 17.2 Å². The number of fused-ring (bicyclic) bond motifs is 1. The predicted molar refractivity (Wildman–Crippen MR) is 114 cm³/mol. The third kappa shape index (κ3) is 5.42. The van der Waals surface area contributed by atoms with Crippen LogP contribution in [-0.4, -0.2) is 70.9 Å². The zero-order chi connectivity index (χ0) is 22.8. The van der Waals surface area contributed by atoms with Crippen LogP contribution in [0.25, 0.3) is 0 Å². The van der Waals surface area contributed by atoms with E-state index in [4.69, 9.17) is 4.74 Å². The van der Waals surface area contributed by atoms with Gasteiger partial charge < -0.3 is 20.3 Å². The zero-order valence-corrected chi connectivity index (χ0v) is 18.0. The maximum absolute atomic E-state index is 13.0. The number of rotatable bonds is 3. The van der Waals surface area contributed by atoms with E-state index >= 15 is 0 Å². The third-order valence-electron chi connectivity index (χ3n) is 5.11. The van der Waals surface area contributed by atoms with Gasteiger partial charge in [0, 0.05) is 24.3 Å². The highest BCUT2D eigenvalue weighted by molar-refractivity contribution is 6.01. The maximum atomic E-state index is 13.0. The molecule has 9 nitrogen and oxygen atoms in total. The second kappa shape index (κ2) is 8.79. The van der Waals surface area contributed by atoms with Crippen molar-refractivity contribution in [2.75, 3.05) is 25.0 Å². The van der Waals surface area contributed by atoms with E-state index in [1.165, 1.54) is 4.90 Å². The van der Waals surface area contributed by atoms with Crippen LogP contribution in [0.1, 0.15) is 37.6 Å². The molecular formula is C22H28N4O5. The Balaban J connectivity index is 1.71. The molecule has 2 aliphatic heterocycles. The van der Waals surface area contributed by atoms with Gasteiger partial charge in [-0.25, -0.2) is 4.79 Å². The molecular weight excluding hydrogens is 400 g/mol. The number of piperidine rings is 1. The van der Waals surface area contributed by atoms with Gasteiger partial charge in [-0.3, -0.25) is 19.3 Å². The van der Waals surface area contributed by atoms with Gasteiger partial charge in [-0.2, -0.15) is 0 Å². The molecule has 0 radical (unpaired) electrons. The summed E-state index contributed by atoms with van der Waals surface area (Å²) in [6, 6.07) is 6.02. The van der Waals surface area contributed by atoms with E-state index in [1.54, 1.807) is 49.9 Å². The van der Waals surface area contributed by atoms with Crippen molar-refractivity contribution in [2.24, 2.45) is 0 Å². The van der Waals surface area contributed by atoms with Crippen molar-refractivity contribution < 1.29 is 23.9 Å². The molecule has 2 fully saturated rings. The number of benzene rings is 1. The number of carbonyl (C=O) groups excluding carboxylic acids is 4. The topological polar surface area (TPSA) is 108 Å². The lowest BCUT2D eigenvalue weighted by Crippen LogP contribution is -2.68. The molecule has 4 amide bonds. The molecule has 0 spiro atoms. The molecule has 3 rings (SSSR count). The van der Waals surface area contributed by atoms with Crippen LogP contribution >= 0.6 is 0 Å². The Morgan fingerprint density at radius 3 is 2.71 bits per heavy atom. The summed E-state index contributed by atoms with van der Waals surface area (Å²) in [6.07, 6.45) is 1.15. The Bertz CT molecular complexity index is 907. The van der Waals surface area contributed by atoms with E-state index in [-0.39, 0.29) is 42.9 Å². The lowest BCUT2D eigenvalue weighted by Gasteiger charge is -2.46. The summed E-state index contributed by atoms with van der Waals surface area (Å²) in [5.41, 5.74) is 0.252. The fraction of sp³-hybridized carbons (Fsp3) is 0.455. The number of amides is 4. The minimum absolute atomic E-state index is 0.0604. The molecule has 1 aromatic carbocycles. The Kier molecular flexibility index (Phi) is 6.33. The first-order valence-corrected chi connectivity index (χ1v) is 10.2. The van der Waals surface area contributed by atoms with Crippen molar-refractivity contribution in [1.82, 2.24) is 15.1 Å². The number of ether oxygens (including phenoxy) is 1. The summed E-state index contributed by atoms with van der Waals surface area (Å²) >= 11 is 0. The summed E-state index contributed by atoms with van der Waals surface area (Å²) in [5, 5.41) is 5.53. The molecule has 166 valence electrons. The lowest BCUT2D eigenvalue weighted by atomic mass is 9.94. The van der Waals surface area contributed by atoms with Crippen molar-refractivity contribution >= 4 is 29.5 Å². The predicted octanol–water partition coefficient (Wildman–Crippen LogP) is 1.76. The molecule has 0 bridgehead atoms. The first-order chi connectivity index (χ1) is 14.6. The van der Waals surface area contributed by atoms with Crippen LogP contribution in [0.3, 0.4) is 0 Å². The number of likely N-dealkylation sites (tertiary alicyclic amines) is 1. The fourth-order valence-corrected chi connectivity index (χ4v) is 3.79. The van der Waals surface area contributed by atoms with Gasteiger partial charge in [0.05, 0.1) is 12.1 Å². The summed E-state index contributed by atoms with van der Waals surface area (Å²) < 4.78 is 5.46. The molecule has 2 heterocycles. The minimum Gasteiger partial charge on any atom is -0.444 e. The third-order valence-corrected chi connectivity index (χ3v) is 5.11. The van der Waals surface area contributed by atoms with E-state index in [0.717, 1.165) is 6.08 Å². The average Bonchev–Trinajstić information content (AvgIpc) is 2.70. The smallest absolute Gasteiger partial charge is 0.411 e. The van der Waals surface area contributed by atoms with Gasteiger partial charge in [0.15, 0.2) is 0 Å². The summed E-state index contributed by atoms with van der Waals surface area (Å²) in [5.74, 6) is -0.857. The molecule has 1 aromatic rings. The number of hydrogen-bond acceptors (Lipinski definition) is 5. The molecule has 0 aliphatic carbocycles. The second-order valence-electron chi connectivity index (χ2n) is 8.66. The highest BCUT2D eigenvalue weighted by Crippen LogP contribution is 2.24. The van der Waals surface area contributed by atoms with Gasteiger partial charge in [-0.15, -0.1) is 0 Å². The number of hydrogen-bond donors (Lipinski definition) is 2. The SMILES string of the molecule is C=CC(=O)Nc1cccc(C(=O)N2CC[C@H]3[C@@H](C2)NC(=O)CN3C(=O)OC(C)(C)C)c1. The van der Waals surface area contributed by atoms with Crippen LogP contribution in [-0.2, 0) is 14.3 Å². The molecule has 0 saturated carbocycles. The number of anilines is 1. The Morgan fingerprint density at radius 1 is 1.29 bits per heavy atom. The highest BCUT2D eigenvalue weighted by atomic mass is 16.6. The quantitative estimate of drug-likeness (QED) is 0.714. The van der Waals surface area contributed by atoms with Crippen LogP contribution in [0.4, 0.5) is 10.5 Å². The van der Waals surface area contributed by atoms with Crippen molar-refractivity contribution in [2.45, 2.75) is 44.9 Å². The molecule has 0 aromatic heterocycles. The van der Waals surface area contributed by atoms with Crippen LogP contribution in [0.15, 0.2) is 36.9 Å². The van der Waals surface area contributed by atoms with Crippen LogP contribution < -0.4 is 10.6 Å². The maximum Gasteiger partial charge on any atom is 0.411 e. The largest absolute Gasteiger partial charge is 0.444 e. The highest BCUT2D eigenvalue weighted by Gasteiger charge is 2.43. The summed E-state index contributed by atoms with van der Waals surface area (Å²) in [6.45, 7) is 9.39. The molecule has 2 aliphatic rings. The molecule has 9 heteroatoms. The van der Waals surface area contributed by atoms with Crippen LogP contribution in [0.5, 0.6) is 0 Å². The van der Waals surface area contributed by atoms with Gasteiger partial charge in [0.25, 0.3) is 5.91 Å². The zero-order valence-electron chi connectivity index (χ0n) is 18.0. The van der Waals surface area contributed by atoms with E-state index in [9.17, 15) is 19.2 Å². The normalized spacial score (nSPS) is 20.9. The summed E-state index contributed by atoms with van der Waals surface area (Å²) in [7, 11) is 0. The molecule has 2 saturated heterocycles. The number of nitrogens with one attached hydrogen (secondary N) is 2. The Hall–Kier alpha value is -3.36. The molecule has 2 atom stereocenters. The lowest BCUT2D eigenvalue weighted by molar-refractivity contribution is -0.128. The average molecular weight is 428 g/mol. The molecule has 2 N–H and O–H groups in total. The van der Waals surface area contributed by atoms with Crippen molar-refractivity contribution in [3.05, 3.63) is 42.5 Å². The van der Waals surface area contributed by atoms with Crippen molar-refractivity contribution in [3.8, 4) is 0 Å². The van der Waals surface area contributed by atoms with Gasteiger partial charge in [0.2, 0.25) is 11.8 Å². The molecule has 0 unspecified atom stereocenters. The second-order valence-corrected chi connectivity index (χ2v) is 8.66. The van der Waals surface area contributed by atoms with Gasteiger partial charge in [-0.1, -0.05) is 12.6 Å². The number of nitrogens with zero attached hydrogens (tertiary/aromatic N) is 2. The van der Waals surface area contributed by atoms with Gasteiger partial charge in [-0.05, 0) is 51.5 Å². The number of carbonyl (C=O) groups is 4. The van der Waals surface area contributed by atoms with E-state index in [0.29, 0.717) is 24.2 Å².